The Morgan fingerprint density at radius 2 is 1.85 bits per heavy atom. The van der Waals surface area contributed by atoms with Gasteiger partial charge < -0.3 is 10.1 Å². The molecule has 4 heteroatoms. The molecule has 0 saturated carbocycles. The largest absolute Gasteiger partial charge is 0.489 e. The van der Waals surface area contributed by atoms with Crippen LogP contribution in [0.25, 0.3) is 6.08 Å². The van der Waals surface area contributed by atoms with E-state index in [9.17, 15) is 4.79 Å². The van der Waals surface area contributed by atoms with Crippen molar-refractivity contribution in [2.24, 2.45) is 0 Å². The summed E-state index contributed by atoms with van der Waals surface area (Å²) in [6.07, 6.45) is 6.73. The fraction of sp³-hybridized carbons (Fsp3) is 0.0909. The van der Waals surface area contributed by atoms with Crippen LogP contribution in [0.3, 0.4) is 0 Å². The van der Waals surface area contributed by atoms with Gasteiger partial charge >= 0.3 is 0 Å². The highest BCUT2D eigenvalue weighted by atomic mass is 16.5. The first-order valence-electron chi connectivity index (χ1n) is 8.41. The highest BCUT2D eigenvalue weighted by molar-refractivity contribution is 5.91. The van der Waals surface area contributed by atoms with Gasteiger partial charge in [0, 0.05) is 25.0 Å². The number of nitrogens with one attached hydrogen (secondary N) is 1. The summed E-state index contributed by atoms with van der Waals surface area (Å²) < 4.78 is 5.80. The molecule has 2 aromatic carbocycles. The molecule has 26 heavy (non-hydrogen) atoms. The molecule has 1 amide bonds. The van der Waals surface area contributed by atoms with Crippen LogP contribution in [0.15, 0.2) is 85.2 Å². The Bertz CT molecular complexity index is 862. The van der Waals surface area contributed by atoms with Crippen molar-refractivity contribution < 1.29 is 9.53 Å². The Balaban J connectivity index is 1.52. The van der Waals surface area contributed by atoms with E-state index in [1.807, 2.05) is 66.7 Å². The Kier molecular flexibility index (Phi) is 6.15. The number of ether oxygens (including phenoxy) is 1. The van der Waals surface area contributed by atoms with Crippen LogP contribution < -0.4 is 10.1 Å². The number of hydrogen-bond acceptors (Lipinski definition) is 3. The van der Waals surface area contributed by atoms with Crippen molar-refractivity contribution >= 4 is 12.0 Å². The van der Waals surface area contributed by atoms with Crippen LogP contribution in [-0.2, 0) is 17.9 Å². The molecular formula is C22H20N2O2. The lowest BCUT2D eigenvalue weighted by atomic mass is 10.2. The molecule has 0 bridgehead atoms. The molecule has 0 atom stereocenters. The molecule has 130 valence electrons. The second-order valence-corrected chi connectivity index (χ2v) is 5.76. The second kappa shape index (κ2) is 9.18. The lowest BCUT2D eigenvalue weighted by molar-refractivity contribution is -0.116. The van der Waals surface area contributed by atoms with Gasteiger partial charge in [0.2, 0.25) is 5.91 Å². The van der Waals surface area contributed by atoms with Crippen LogP contribution in [0.2, 0.25) is 0 Å². The summed E-state index contributed by atoms with van der Waals surface area (Å²) in [6, 6.07) is 21.4. The molecule has 3 rings (SSSR count). The lowest BCUT2D eigenvalue weighted by Gasteiger charge is -2.07. The lowest BCUT2D eigenvalue weighted by Crippen LogP contribution is -2.20. The number of aromatic nitrogens is 1. The zero-order valence-corrected chi connectivity index (χ0v) is 14.3. The summed E-state index contributed by atoms with van der Waals surface area (Å²) >= 11 is 0. The molecule has 4 nitrogen and oxygen atoms in total. The molecule has 0 fully saturated rings. The van der Waals surface area contributed by atoms with Gasteiger partial charge in [0.15, 0.2) is 0 Å². The molecule has 0 aliphatic heterocycles. The normalized spacial score (nSPS) is 10.6. The third-order valence-electron chi connectivity index (χ3n) is 3.72. The van der Waals surface area contributed by atoms with Crippen LogP contribution in [0.1, 0.15) is 16.7 Å². The van der Waals surface area contributed by atoms with Gasteiger partial charge in [-0.1, -0.05) is 48.5 Å². The topological polar surface area (TPSA) is 51.2 Å². The Hall–Kier alpha value is -3.40. The quantitative estimate of drug-likeness (QED) is 0.659. The Labute approximate surface area is 153 Å². The Morgan fingerprint density at radius 3 is 2.65 bits per heavy atom. The predicted molar refractivity (Wildman–Crippen MR) is 102 cm³/mol. The highest BCUT2D eigenvalue weighted by Crippen LogP contribution is 2.16. The summed E-state index contributed by atoms with van der Waals surface area (Å²) in [7, 11) is 0. The summed E-state index contributed by atoms with van der Waals surface area (Å²) in [5, 5.41) is 2.83. The molecule has 3 aromatic rings. The maximum Gasteiger partial charge on any atom is 0.244 e. The van der Waals surface area contributed by atoms with E-state index in [-0.39, 0.29) is 5.91 Å². The zero-order chi connectivity index (χ0) is 18.0. The van der Waals surface area contributed by atoms with E-state index in [0.717, 1.165) is 22.4 Å². The van der Waals surface area contributed by atoms with Gasteiger partial charge in [0.25, 0.3) is 0 Å². The van der Waals surface area contributed by atoms with Gasteiger partial charge in [-0.2, -0.15) is 0 Å². The van der Waals surface area contributed by atoms with E-state index in [2.05, 4.69) is 10.3 Å². The van der Waals surface area contributed by atoms with E-state index in [4.69, 9.17) is 4.74 Å². The number of pyridine rings is 1. The minimum atomic E-state index is -0.149. The Morgan fingerprint density at radius 1 is 1.00 bits per heavy atom. The second-order valence-electron chi connectivity index (χ2n) is 5.76. The SMILES string of the molecule is O=C(/C=C/c1cccc(OCc2ccccc2)c1)NCc1cccnc1. The van der Waals surface area contributed by atoms with Gasteiger partial charge in [-0.3, -0.25) is 9.78 Å². The molecule has 0 spiro atoms. The summed E-state index contributed by atoms with van der Waals surface area (Å²) in [4.78, 5) is 16.0. The van der Waals surface area contributed by atoms with Crippen molar-refractivity contribution in [2.75, 3.05) is 0 Å². The maximum atomic E-state index is 11.9. The van der Waals surface area contributed by atoms with E-state index < -0.39 is 0 Å². The predicted octanol–water partition coefficient (Wildman–Crippen LogP) is 3.99. The van der Waals surface area contributed by atoms with Gasteiger partial charge in [-0.25, -0.2) is 0 Å². The molecular weight excluding hydrogens is 324 g/mol. The smallest absolute Gasteiger partial charge is 0.244 e. The van der Waals surface area contributed by atoms with Gasteiger partial charge in [-0.05, 0) is 41.0 Å². The number of nitrogens with zero attached hydrogens (tertiary/aromatic N) is 1. The molecule has 0 radical (unpaired) electrons. The average Bonchev–Trinajstić information content (AvgIpc) is 2.71. The van der Waals surface area contributed by atoms with E-state index >= 15 is 0 Å². The third-order valence-corrected chi connectivity index (χ3v) is 3.72. The average molecular weight is 344 g/mol. The van der Waals surface area contributed by atoms with Crippen LogP contribution in [-0.4, -0.2) is 10.9 Å². The monoisotopic (exact) mass is 344 g/mol. The van der Waals surface area contributed by atoms with Crippen molar-refractivity contribution in [1.29, 1.82) is 0 Å². The van der Waals surface area contributed by atoms with Crippen molar-refractivity contribution in [3.63, 3.8) is 0 Å². The highest BCUT2D eigenvalue weighted by Gasteiger charge is 1.99. The molecule has 1 N–H and O–H groups in total. The molecule has 0 aliphatic carbocycles. The number of amides is 1. The summed E-state index contributed by atoms with van der Waals surface area (Å²) in [5.41, 5.74) is 2.99. The van der Waals surface area contributed by atoms with Crippen LogP contribution >= 0.6 is 0 Å². The van der Waals surface area contributed by atoms with Crippen molar-refractivity contribution in [3.8, 4) is 5.75 Å². The first-order chi connectivity index (χ1) is 12.8. The minimum absolute atomic E-state index is 0.149. The fourth-order valence-electron chi connectivity index (χ4n) is 2.37. The van der Waals surface area contributed by atoms with Crippen molar-refractivity contribution in [1.82, 2.24) is 10.3 Å². The zero-order valence-electron chi connectivity index (χ0n) is 14.3. The molecule has 1 heterocycles. The number of rotatable bonds is 7. The first kappa shape index (κ1) is 17.4. The van der Waals surface area contributed by atoms with E-state index in [1.54, 1.807) is 18.5 Å². The van der Waals surface area contributed by atoms with Gasteiger partial charge in [-0.15, -0.1) is 0 Å². The summed E-state index contributed by atoms with van der Waals surface area (Å²) in [5.74, 6) is 0.622. The molecule has 1 aromatic heterocycles. The molecule has 0 unspecified atom stereocenters. The number of carbonyl (C=O) groups is 1. The third kappa shape index (κ3) is 5.60. The minimum Gasteiger partial charge on any atom is -0.489 e. The number of carbonyl (C=O) groups excluding carboxylic acids is 1. The van der Waals surface area contributed by atoms with Crippen molar-refractivity contribution in [3.05, 3.63) is 102 Å². The molecule has 0 aliphatic rings. The first-order valence-corrected chi connectivity index (χ1v) is 8.41. The standard InChI is InChI=1S/C22H20N2O2/c25-22(24-16-20-9-5-13-23-15-20)12-11-18-8-4-10-21(14-18)26-17-19-6-2-1-3-7-19/h1-15H,16-17H2,(H,24,25)/b12-11+. The van der Waals surface area contributed by atoms with Crippen LogP contribution in [0, 0.1) is 0 Å². The summed E-state index contributed by atoms with van der Waals surface area (Å²) in [6.45, 7) is 0.969. The van der Waals surface area contributed by atoms with Crippen LogP contribution in [0.4, 0.5) is 0 Å². The maximum absolute atomic E-state index is 11.9. The van der Waals surface area contributed by atoms with Gasteiger partial charge in [0.1, 0.15) is 12.4 Å². The number of hydrogen-bond donors (Lipinski definition) is 1. The van der Waals surface area contributed by atoms with E-state index in [0.29, 0.717) is 13.2 Å². The van der Waals surface area contributed by atoms with Crippen LogP contribution in [0.5, 0.6) is 5.75 Å². The van der Waals surface area contributed by atoms with Crippen molar-refractivity contribution in [2.45, 2.75) is 13.2 Å². The fourth-order valence-corrected chi connectivity index (χ4v) is 2.37. The van der Waals surface area contributed by atoms with E-state index in [1.165, 1.54) is 6.08 Å². The number of benzene rings is 2. The molecule has 0 saturated heterocycles. The van der Waals surface area contributed by atoms with Gasteiger partial charge in [0.05, 0.1) is 0 Å².